The molecule has 1 aromatic rings. The highest BCUT2D eigenvalue weighted by Gasteiger charge is 2.18. The summed E-state index contributed by atoms with van der Waals surface area (Å²) in [6, 6.07) is 2.79. The van der Waals surface area contributed by atoms with Crippen molar-refractivity contribution < 1.29 is 18.7 Å². The zero-order valence-electron chi connectivity index (χ0n) is 8.54. The Bertz CT molecular complexity index is 379. The van der Waals surface area contributed by atoms with Crippen molar-refractivity contribution in [3.05, 3.63) is 23.5 Å². The van der Waals surface area contributed by atoms with Gasteiger partial charge in [0.1, 0.15) is 0 Å². The molecule has 0 saturated heterocycles. The lowest BCUT2D eigenvalue weighted by molar-refractivity contribution is 0.0996. The van der Waals surface area contributed by atoms with Gasteiger partial charge < -0.3 is 15.2 Å². The lowest BCUT2D eigenvalue weighted by Gasteiger charge is -2.10. The summed E-state index contributed by atoms with van der Waals surface area (Å²) in [5.74, 6) is -1.07. The highest BCUT2D eigenvalue weighted by molar-refractivity contribution is 5.98. The maximum absolute atomic E-state index is 13.7. The molecule has 0 heterocycles. The Morgan fingerprint density at radius 1 is 1.40 bits per heavy atom. The normalized spacial score (nSPS) is 9.87. The van der Waals surface area contributed by atoms with E-state index in [1.165, 1.54) is 26.4 Å². The van der Waals surface area contributed by atoms with Crippen LogP contribution in [0, 0.1) is 5.82 Å². The van der Waals surface area contributed by atoms with E-state index in [1.54, 1.807) is 0 Å². The monoisotopic (exact) mass is 213 g/mol. The SMILES string of the molecule is COc1ccc(C(=O)CN)c(F)c1OC. The van der Waals surface area contributed by atoms with Crippen LogP contribution in [0.2, 0.25) is 0 Å². The van der Waals surface area contributed by atoms with Crippen LogP contribution in [0.4, 0.5) is 4.39 Å². The van der Waals surface area contributed by atoms with E-state index in [9.17, 15) is 9.18 Å². The van der Waals surface area contributed by atoms with Crippen LogP contribution in [-0.4, -0.2) is 26.5 Å². The highest BCUT2D eigenvalue weighted by atomic mass is 19.1. The van der Waals surface area contributed by atoms with Gasteiger partial charge in [-0.05, 0) is 12.1 Å². The van der Waals surface area contributed by atoms with Gasteiger partial charge in [0.05, 0.1) is 26.3 Å². The first kappa shape index (κ1) is 11.5. The number of carbonyl (C=O) groups is 1. The number of nitrogens with two attached hydrogens (primary N) is 1. The summed E-state index contributed by atoms with van der Waals surface area (Å²) >= 11 is 0. The summed E-state index contributed by atoms with van der Waals surface area (Å²) in [6.07, 6.45) is 0. The standard InChI is InChI=1S/C10H12FNO3/c1-14-8-4-3-6(7(13)5-12)9(11)10(8)15-2/h3-4H,5,12H2,1-2H3. The van der Waals surface area contributed by atoms with Crippen LogP contribution in [0.15, 0.2) is 12.1 Å². The van der Waals surface area contributed by atoms with Crippen molar-refractivity contribution in [1.82, 2.24) is 0 Å². The van der Waals surface area contributed by atoms with Crippen LogP contribution < -0.4 is 15.2 Å². The van der Waals surface area contributed by atoms with Gasteiger partial charge >= 0.3 is 0 Å². The van der Waals surface area contributed by atoms with Gasteiger partial charge in [-0.1, -0.05) is 0 Å². The average molecular weight is 213 g/mol. The summed E-state index contributed by atoms with van der Waals surface area (Å²) < 4.78 is 23.4. The molecule has 0 aliphatic heterocycles. The van der Waals surface area contributed by atoms with Gasteiger partial charge in [-0.25, -0.2) is 4.39 Å². The molecular weight excluding hydrogens is 201 g/mol. The molecule has 5 heteroatoms. The van der Waals surface area contributed by atoms with Crippen molar-refractivity contribution in [2.24, 2.45) is 5.73 Å². The second-order valence-electron chi connectivity index (χ2n) is 2.79. The molecular formula is C10H12FNO3. The topological polar surface area (TPSA) is 61.5 Å². The second-order valence-corrected chi connectivity index (χ2v) is 2.79. The van der Waals surface area contributed by atoms with Gasteiger partial charge in [0.2, 0.25) is 0 Å². The molecule has 0 amide bonds. The summed E-state index contributed by atoms with van der Waals surface area (Å²) in [5.41, 5.74) is 5.06. The third-order valence-electron chi connectivity index (χ3n) is 1.97. The van der Waals surface area contributed by atoms with Crippen LogP contribution in [0.3, 0.4) is 0 Å². The fourth-order valence-electron chi connectivity index (χ4n) is 1.21. The minimum absolute atomic E-state index is 0.0863. The molecule has 1 rings (SSSR count). The number of Topliss-reactive ketones (excluding diaryl/α,β-unsaturated/α-hetero) is 1. The van der Waals surface area contributed by atoms with Crippen molar-refractivity contribution >= 4 is 5.78 Å². The minimum atomic E-state index is -0.743. The maximum atomic E-state index is 13.7. The van der Waals surface area contributed by atoms with Gasteiger partial charge in [-0.2, -0.15) is 0 Å². The van der Waals surface area contributed by atoms with E-state index in [4.69, 9.17) is 15.2 Å². The number of ether oxygens (including phenoxy) is 2. The first-order valence-electron chi connectivity index (χ1n) is 4.29. The Labute approximate surface area is 86.8 Å². The van der Waals surface area contributed by atoms with Gasteiger partial charge in [0.25, 0.3) is 0 Å². The number of halogens is 1. The molecule has 0 saturated carbocycles. The number of methoxy groups -OCH3 is 2. The molecule has 0 aromatic heterocycles. The average Bonchev–Trinajstić information content (AvgIpc) is 2.27. The highest BCUT2D eigenvalue weighted by Crippen LogP contribution is 2.31. The van der Waals surface area contributed by atoms with E-state index in [0.717, 1.165) is 0 Å². The van der Waals surface area contributed by atoms with Gasteiger partial charge in [-0.15, -0.1) is 0 Å². The molecule has 0 aliphatic carbocycles. The summed E-state index contributed by atoms with van der Waals surface area (Å²) in [7, 11) is 2.69. The van der Waals surface area contributed by atoms with Crippen LogP contribution in [0.25, 0.3) is 0 Å². The van der Waals surface area contributed by atoms with E-state index in [1.807, 2.05) is 0 Å². The Hall–Kier alpha value is -1.62. The van der Waals surface area contributed by atoms with Crippen molar-refractivity contribution in [2.75, 3.05) is 20.8 Å². The van der Waals surface area contributed by atoms with Gasteiger partial charge in [0, 0.05) is 0 Å². The largest absolute Gasteiger partial charge is 0.493 e. The van der Waals surface area contributed by atoms with Crippen molar-refractivity contribution in [3.63, 3.8) is 0 Å². The van der Waals surface area contributed by atoms with Crippen LogP contribution in [0.1, 0.15) is 10.4 Å². The Kier molecular flexibility index (Phi) is 3.62. The van der Waals surface area contributed by atoms with Crippen molar-refractivity contribution in [1.29, 1.82) is 0 Å². The third-order valence-corrected chi connectivity index (χ3v) is 1.97. The van der Waals surface area contributed by atoms with E-state index in [0.29, 0.717) is 0 Å². The molecule has 4 nitrogen and oxygen atoms in total. The number of hydrogen-bond donors (Lipinski definition) is 1. The fourth-order valence-corrected chi connectivity index (χ4v) is 1.21. The number of carbonyl (C=O) groups excluding carboxylic acids is 1. The summed E-state index contributed by atoms with van der Waals surface area (Å²) in [4.78, 5) is 11.2. The summed E-state index contributed by atoms with van der Waals surface area (Å²) in [5, 5.41) is 0. The fraction of sp³-hybridized carbons (Fsp3) is 0.300. The van der Waals surface area contributed by atoms with Crippen LogP contribution in [-0.2, 0) is 0 Å². The zero-order chi connectivity index (χ0) is 11.4. The first-order chi connectivity index (χ1) is 7.15. The van der Waals surface area contributed by atoms with Crippen molar-refractivity contribution in [2.45, 2.75) is 0 Å². The number of rotatable bonds is 4. The first-order valence-corrected chi connectivity index (χ1v) is 4.29. The number of ketones is 1. The smallest absolute Gasteiger partial charge is 0.197 e. The lowest BCUT2D eigenvalue weighted by atomic mass is 10.1. The molecule has 1 aromatic carbocycles. The quantitative estimate of drug-likeness (QED) is 0.757. The predicted molar refractivity (Wildman–Crippen MR) is 52.9 cm³/mol. The molecule has 82 valence electrons. The van der Waals surface area contributed by atoms with Crippen LogP contribution >= 0.6 is 0 Å². The molecule has 0 fully saturated rings. The minimum Gasteiger partial charge on any atom is -0.493 e. The van der Waals surface area contributed by atoms with Crippen molar-refractivity contribution in [3.8, 4) is 11.5 Å². The van der Waals surface area contributed by atoms with E-state index in [-0.39, 0.29) is 23.6 Å². The van der Waals surface area contributed by atoms with Crippen LogP contribution in [0.5, 0.6) is 11.5 Å². The van der Waals surface area contributed by atoms with E-state index in [2.05, 4.69) is 0 Å². The van der Waals surface area contributed by atoms with Gasteiger partial charge in [-0.3, -0.25) is 4.79 Å². The molecule has 0 aliphatic rings. The molecule has 0 bridgehead atoms. The Morgan fingerprint density at radius 2 is 2.07 bits per heavy atom. The second kappa shape index (κ2) is 4.75. The molecule has 0 spiro atoms. The number of benzene rings is 1. The zero-order valence-corrected chi connectivity index (χ0v) is 8.54. The predicted octanol–water partition coefficient (Wildman–Crippen LogP) is 0.984. The van der Waals surface area contributed by atoms with Gasteiger partial charge in [0.15, 0.2) is 23.1 Å². The summed E-state index contributed by atoms with van der Waals surface area (Å²) in [6.45, 7) is -0.244. The molecule has 2 N–H and O–H groups in total. The Morgan fingerprint density at radius 3 is 2.53 bits per heavy atom. The molecule has 0 atom stereocenters. The van der Waals surface area contributed by atoms with E-state index < -0.39 is 11.6 Å². The number of hydrogen-bond acceptors (Lipinski definition) is 4. The van der Waals surface area contributed by atoms with E-state index >= 15 is 0 Å². The molecule has 0 unspecified atom stereocenters. The molecule has 0 radical (unpaired) electrons. The third kappa shape index (κ3) is 2.07. The molecule has 15 heavy (non-hydrogen) atoms. The maximum Gasteiger partial charge on any atom is 0.197 e. The lowest BCUT2D eigenvalue weighted by Crippen LogP contribution is -2.15. The Balaban J connectivity index is 3.29.